The molecular formula is C26H42ClNO4S. The summed E-state index contributed by atoms with van der Waals surface area (Å²) in [6.07, 6.45) is 9.76. The lowest BCUT2D eigenvalue weighted by atomic mass is 9.62. The van der Waals surface area contributed by atoms with Gasteiger partial charge in [-0.15, -0.1) is 11.6 Å². The van der Waals surface area contributed by atoms with E-state index >= 15 is 0 Å². The minimum absolute atomic E-state index is 0.0861. The number of carbonyl (C=O) groups excluding carboxylic acids is 1. The maximum atomic E-state index is 11.4. The number of nitrogens with one attached hydrogen (secondary N) is 1. The Morgan fingerprint density at radius 3 is 2.64 bits per heavy atom. The smallest absolute Gasteiger partial charge is 0.308 e. The average molecular weight is 500 g/mol. The fraction of sp³-hybridized carbons (Fsp3) is 0.885. The summed E-state index contributed by atoms with van der Waals surface area (Å²) in [6.45, 7) is 4.76. The summed E-state index contributed by atoms with van der Waals surface area (Å²) in [7, 11) is 1.31. The Kier molecular flexibility index (Phi) is 8.76. The second-order valence-electron chi connectivity index (χ2n) is 11.1. The molecule has 2 saturated heterocycles. The normalized spacial score (nSPS) is 43.3. The molecule has 11 atom stereocenters. The van der Waals surface area contributed by atoms with Gasteiger partial charge in [-0.2, -0.15) is 11.8 Å². The molecule has 0 bridgehead atoms. The molecular weight excluding hydrogens is 458 g/mol. The first kappa shape index (κ1) is 25.8. The predicted octanol–water partition coefficient (Wildman–Crippen LogP) is 4.14. The van der Waals surface area contributed by atoms with Gasteiger partial charge in [-0.05, 0) is 68.1 Å². The third kappa shape index (κ3) is 6.30. The van der Waals surface area contributed by atoms with Crippen molar-refractivity contribution >= 4 is 29.3 Å². The molecule has 5 nitrogen and oxygen atoms in total. The molecule has 33 heavy (non-hydrogen) atoms. The molecule has 3 N–H and O–H groups in total. The van der Waals surface area contributed by atoms with Crippen LogP contribution in [0.3, 0.4) is 0 Å². The number of aliphatic hydroxyl groups is 2. The first-order valence-electron chi connectivity index (χ1n) is 12.9. The lowest BCUT2D eigenvalue weighted by Crippen LogP contribution is -2.59. The summed E-state index contributed by atoms with van der Waals surface area (Å²) < 4.78 is 4.63. The van der Waals surface area contributed by atoms with Gasteiger partial charge in [-0.3, -0.25) is 4.79 Å². The van der Waals surface area contributed by atoms with Crippen molar-refractivity contribution in [2.24, 2.45) is 29.6 Å². The molecule has 4 rings (SSSR count). The van der Waals surface area contributed by atoms with E-state index in [1.165, 1.54) is 32.8 Å². The Bertz CT molecular complexity index is 704. The van der Waals surface area contributed by atoms with Gasteiger partial charge in [-0.1, -0.05) is 26.0 Å². The van der Waals surface area contributed by atoms with Crippen molar-refractivity contribution in [1.29, 1.82) is 0 Å². The van der Waals surface area contributed by atoms with Crippen molar-refractivity contribution in [1.82, 2.24) is 5.32 Å². The largest absolute Gasteiger partial charge is 0.469 e. The standard InChI is InChI=1S/C26H42ClNO4S/c1-14-10-17(27)6-8-20(14)24-21(9-7-18(29)12-19(30)13-23(31)32-3)25(16-4-5-16)28-22-11-15(2)33-26(22)24/h7,9,14-22,24-26,28-30H,4-6,8,10-13H2,1-3H3/b9-7+/t14?,15?,17?,18-,19-,20?,21?,22?,24?,25?,26?/m1/s1. The van der Waals surface area contributed by atoms with Gasteiger partial charge >= 0.3 is 5.97 Å². The Labute approximate surface area is 208 Å². The Morgan fingerprint density at radius 2 is 1.97 bits per heavy atom. The molecule has 2 saturated carbocycles. The number of ether oxygens (including phenoxy) is 1. The van der Waals surface area contributed by atoms with Gasteiger partial charge in [0.25, 0.3) is 0 Å². The van der Waals surface area contributed by atoms with Gasteiger partial charge in [0.1, 0.15) is 0 Å². The third-order valence-corrected chi connectivity index (χ3v) is 10.5. The number of methoxy groups -OCH3 is 1. The monoisotopic (exact) mass is 499 g/mol. The quantitative estimate of drug-likeness (QED) is 0.264. The maximum absolute atomic E-state index is 11.4. The van der Waals surface area contributed by atoms with Crippen molar-refractivity contribution < 1.29 is 19.7 Å². The van der Waals surface area contributed by atoms with E-state index < -0.39 is 18.2 Å². The van der Waals surface area contributed by atoms with Gasteiger partial charge in [0, 0.05) is 34.4 Å². The summed E-state index contributed by atoms with van der Waals surface area (Å²) in [5.41, 5.74) is 0. The van der Waals surface area contributed by atoms with E-state index in [0.29, 0.717) is 51.6 Å². The zero-order chi connectivity index (χ0) is 23.7. The third-order valence-electron chi connectivity index (χ3n) is 8.51. The lowest BCUT2D eigenvalue weighted by Gasteiger charge is -2.51. The average Bonchev–Trinajstić information content (AvgIpc) is 3.52. The van der Waals surface area contributed by atoms with Crippen LogP contribution in [0.15, 0.2) is 12.2 Å². The number of halogens is 1. The molecule has 0 aromatic carbocycles. The highest BCUT2D eigenvalue weighted by Crippen LogP contribution is 2.54. The van der Waals surface area contributed by atoms with E-state index in [2.05, 4.69) is 41.7 Å². The van der Waals surface area contributed by atoms with Crippen molar-refractivity contribution in [2.75, 3.05) is 7.11 Å². The molecule has 0 aromatic rings. The molecule has 2 heterocycles. The number of fused-ring (bicyclic) bond motifs is 1. The van der Waals surface area contributed by atoms with Gasteiger partial charge in [0.05, 0.1) is 25.7 Å². The number of thioether (sulfide) groups is 1. The predicted molar refractivity (Wildman–Crippen MR) is 134 cm³/mol. The number of esters is 1. The second-order valence-corrected chi connectivity index (χ2v) is 13.4. The van der Waals surface area contributed by atoms with Crippen LogP contribution in [-0.4, -0.2) is 63.5 Å². The first-order valence-corrected chi connectivity index (χ1v) is 14.3. The number of rotatable bonds is 8. The molecule has 0 radical (unpaired) electrons. The molecule has 2 aliphatic carbocycles. The number of aliphatic hydroxyl groups excluding tert-OH is 2. The Hall–Kier alpha value is -0.270. The Balaban J connectivity index is 1.53. The zero-order valence-corrected chi connectivity index (χ0v) is 21.8. The van der Waals surface area contributed by atoms with Gasteiger partial charge < -0.3 is 20.3 Å². The highest BCUT2D eigenvalue weighted by Gasteiger charge is 2.54. The molecule has 2 aliphatic heterocycles. The van der Waals surface area contributed by atoms with Crippen LogP contribution in [0.2, 0.25) is 0 Å². The number of piperidine rings is 1. The highest BCUT2D eigenvalue weighted by atomic mass is 35.5. The van der Waals surface area contributed by atoms with Gasteiger partial charge in [0.2, 0.25) is 0 Å². The van der Waals surface area contributed by atoms with E-state index in [0.717, 1.165) is 18.8 Å². The number of hydrogen-bond acceptors (Lipinski definition) is 6. The topological polar surface area (TPSA) is 78.8 Å². The summed E-state index contributed by atoms with van der Waals surface area (Å²) >= 11 is 8.72. The van der Waals surface area contributed by atoms with E-state index in [1.807, 2.05) is 6.08 Å². The van der Waals surface area contributed by atoms with Gasteiger partial charge in [0.15, 0.2) is 0 Å². The van der Waals surface area contributed by atoms with Crippen LogP contribution in [0.25, 0.3) is 0 Å². The minimum atomic E-state index is -0.897. The highest BCUT2D eigenvalue weighted by molar-refractivity contribution is 8.00. The first-order chi connectivity index (χ1) is 15.8. The summed E-state index contributed by atoms with van der Waals surface area (Å²) in [5.74, 6) is 2.51. The minimum Gasteiger partial charge on any atom is -0.469 e. The van der Waals surface area contributed by atoms with Gasteiger partial charge in [-0.25, -0.2) is 0 Å². The number of alkyl halides is 1. The van der Waals surface area contributed by atoms with Crippen molar-refractivity contribution in [3.05, 3.63) is 12.2 Å². The molecule has 4 aliphatic rings. The van der Waals surface area contributed by atoms with Crippen LogP contribution < -0.4 is 5.32 Å². The van der Waals surface area contributed by atoms with Crippen molar-refractivity contribution in [3.8, 4) is 0 Å². The van der Waals surface area contributed by atoms with Crippen LogP contribution >= 0.6 is 23.4 Å². The Morgan fingerprint density at radius 1 is 1.21 bits per heavy atom. The van der Waals surface area contributed by atoms with Crippen molar-refractivity contribution in [3.63, 3.8) is 0 Å². The molecule has 4 fully saturated rings. The lowest BCUT2D eigenvalue weighted by molar-refractivity contribution is -0.143. The van der Waals surface area contributed by atoms with E-state index in [-0.39, 0.29) is 12.8 Å². The van der Waals surface area contributed by atoms with Crippen LogP contribution in [0.4, 0.5) is 0 Å². The summed E-state index contributed by atoms with van der Waals surface area (Å²) in [5, 5.41) is 26.4. The number of hydrogen-bond donors (Lipinski definition) is 3. The fourth-order valence-electron chi connectivity index (χ4n) is 6.83. The number of carbonyl (C=O) groups is 1. The maximum Gasteiger partial charge on any atom is 0.308 e. The van der Waals surface area contributed by atoms with Crippen molar-refractivity contribution in [2.45, 2.75) is 105 Å². The summed E-state index contributed by atoms with van der Waals surface area (Å²) in [6, 6.07) is 1.05. The van der Waals surface area contributed by atoms with E-state index in [9.17, 15) is 15.0 Å². The van der Waals surface area contributed by atoms with Crippen LogP contribution in [0.1, 0.15) is 65.2 Å². The zero-order valence-electron chi connectivity index (χ0n) is 20.2. The molecule has 0 spiro atoms. The SMILES string of the molecule is COC(=O)C[C@H](O)C[C@H](O)/C=C/C1C(C2CC2)NC2CC(C)SC2C1C1CCC(Cl)CC1C. The van der Waals surface area contributed by atoms with Crippen LogP contribution in [0, 0.1) is 29.6 Å². The van der Waals surface area contributed by atoms with E-state index in [4.69, 9.17) is 11.6 Å². The molecule has 7 heteroatoms. The molecule has 0 aromatic heterocycles. The van der Waals surface area contributed by atoms with Crippen LogP contribution in [-0.2, 0) is 9.53 Å². The van der Waals surface area contributed by atoms with Crippen LogP contribution in [0.5, 0.6) is 0 Å². The van der Waals surface area contributed by atoms with E-state index in [1.54, 1.807) is 0 Å². The summed E-state index contributed by atoms with van der Waals surface area (Å²) in [4.78, 5) is 11.4. The molecule has 0 amide bonds. The molecule has 9 unspecified atom stereocenters. The second kappa shape index (κ2) is 11.2. The molecule has 188 valence electrons. The fourth-order valence-corrected chi connectivity index (χ4v) is 9.04.